The van der Waals surface area contributed by atoms with E-state index in [4.69, 9.17) is 21.1 Å². The van der Waals surface area contributed by atoms with Crippen molar-refractivity contribution in [3.63, 3.8) is 0 Å². The van der Waals surface area contributed by atoms with Crippen molar-refractivity contribution in [3.8, 4) is 22.7 Å². The Morgan fingerprint density at radius 2 is 1.91 bits per heavy atom. The van der Waals surface area contributed by atoms with Crippen molar-refractivity contribution in [1.82, 2.24) is 19.2 Å². The molecule has 0 aliphatic heterocycles. The summed E-state index contributed by atoms with van der Waals surface area (Å²) in [5, 5.41) is 5.28. The normalized spacial score (nSPS) is 12.0. The highest BCUT2D eigenvalue weighted by molar-refractivity contribution is 6.30. The second-order valence-corrected chi connectivity index (χ2v) is 7.95. The van der Waals surface area contributed by atoms with Gasteiger partial charge in [0, 0.05) is 16.9 Å². The summed E-state index contributed by atoms with van der Waals surface area (Å²) in [6.45, 7) is 7.23. The van der Waals surface area contributed by atoms with Gasteiger partial charge in [-0.15, -0.1) is 0 Å². The largest absolute Gasteiger partial charge is 0.475 e. The summed E-state index contributed by atoms with van der Waals surface area (Å²) in [4.78, 5) is 30.0. The Morgan fingerprint density at radius 1 is 1.18 bits per heavy atom. The molecule has 0 amide bonds. The van der Waals surface area contributed by atoms with Crippen molar-refractivity contribution in [2.75, 3.05) is 6.61 Å². The summed E-state index contributed by atoms with van der Waals surface area (Å²) >= 11 is 6.00. The number of aromatic nitrogens is 4. The molecule has 0 N–H and O–H groups in total. The maximum Gasteiger partial charge on any atom is 0.347 e. The maximum absolute atomic E-state index is 13.4. The van der Waals surface area contributed by atoms with E-state index in [-0.39, 0.29) is 12.2 Å². The quantitative estimate of drug-likeness (QED) is 0.397. The highest BCUT2D eigenvalue weighted by Crippen LogP contribution is 2.25. The lowest BCUT2D eigenvalue weighted by Crippen LogP contribution is -2.27. The molecular weight excluding hydrogens is 444 g/mol. The first kappa shape index (κ1) is 22.5. The van der Waals surface area contributed by atoms with E-state index in [1.807, 2.05) is 25.1 Å². The number of nitrogens with zero attached hydrogens (tertiary/aromatic N) is 4. The third kappa shape index (κ3) is 4.34. The van der Waals surface area contributed by atoms with Crippen molar-refractivity contribution in [2.24, 2.45) is 0 Å². The molecule has 0 unspecified atom stereocenters. The smallest absolute Gasteiger partial charge is 0.347 e. The fourth-order valence-electron chi connectivity index (χ4n) is 3.57. The SMILES string of the molecule is CCOC(=O)[C@@H](C)Oc1cccn2c(=O)c(-c3cc(C)n(-c4ccc(Cl)cc4)n3)c(C)nc12. The zero-order valence-corrected chi connectivity index (χ0v) is 19.5. The number of fused-ring (bicyclic) bond motifs is 1. The van der Waals surface area contributed by atoms with Crippen molar-refractivity contribution < 1.29 is 14.3 Å². The molecule has 0 aliphatic carbocycles. The Hall–Kier alpha value is -3.65. The Balaban J connectivity index is 1.78. The van der Waals surface area contributed by atoms with Gasteiger partial charge in [-0.05, 0) is 70.2 Å². The van der Waals surface area contributed by atoms with Crippen molar-refractivity contribution >= 4 is 23.2 Å². The number of carbonyl (C=O) groups is 1. The molecule has 1 atom stereocenters. The van der Waals surface area contributed by atoms with Crippen LogP contribution in [0.2, 0.25) is 5.02 Å². The summed E-state index contributed by atoms with van der Waals surface area (Å²) in [5.74, 6) is -0.175. The molecule has 8 nitrogen and oxygen atoms in total. The molecule has 0 bridgehead atoms. The number of pyridine rings is 1. The first-order chi connectivity index (χ1) is 15.8. The van der Waals surface area contributed by atoms with Crippen LogP contribution in [0, 0.1) is 13.8 Å². The minimum atomic E-state index is -0.842. The lowest BCUT2D eigenvalue weighted by molar-refractivity contribution is -0.150. The van der Waals surface area contributed by atoms with Crippen LogP contribution < -0.4 is 10.3 Å². The summed E-state index contributed by atoms with van der Waals surface area (Å²) in [6, 6.07) is 12.5. The number of ether oxygens (including phenoxy) is 2. The molecule has 0 spiro atoms. The standard InChI is InChI=1S/C24H23ClN4O4/c1-5-32-24(31)16(4)33-20-7-6-12-28-22(20)26-15(3)21(23(28)30)19-13-14(2)29(27-19)18-10-8-17(25)9-11-18/h6-13,16H,5H2,1-4H3/t16-/m1/s1. The van der Waals surface area contributed by atoms with Crippen LogP contribution in [-0.4, -0.2) is 37.8 Å². The number of carbonyl (C=O) groups excluding carboxylic acids is 1. The topological polar surface area (TPSA) is 87.7 Å². The summed E-state index contributed by atoms with van der Waals surface area (Å²) in [5.41, 5.74) is 3.12. The van der Waals surface area contributed by atoms with E-state index in [0.717, 1.165) is 11.4 Å². The van der Waals surface area contributed by atoms with Crippen LogP contribution in [0.4, 0.5) is 0 Å². The highest BCUT2D eigenvalue weighted by Gasteiger charge is 2.21. The van der Waals surface area contributed by atoms with E-state index in [0.29, 0.717) is 33.4 Å². The average molecular weight is 467 g/mol. The number of aryl methyl sites for hydroxylation is 2. The Kier molecular flexibility index (Phi) is 6.20. The van der Waals surface area contributed by atoms with E-state index >= 15 is 0 Å². The first-order valence-corrected chi connectivity index (χ1v) is 10.9. The molecular formula is C24H23ClN4O4. The minimum Gasteiger partial charge on any atom is -0.475 e. The molecule has 0 radical (unpaired) electrons. The van der Waals surface area contributed by atoms with E-state index in [2.05, 4.69) is 10.1 Å². The molecule has 0 aliphatic rings. The van der Waals surface area contributed by atoms with Crippen LogP contribution in [0.1, 0.15) is 25.2 Å². The minimum absolute atomic E-state index is 0.254. The monoisotopic (exact) mass is 466 g/mol. The molecule has 4 aromatic rings. The van der Waals surface area contributed by atoms with Gasteiger partial charge in [-0.1, -0.05) is 11.6 Å². The van der Waals surface area contributed by atoms with Gasteiger partial charge in [0.25, 0.3) is 5.56 Å². The third-order valence-electron chi connectivity index (χ3n) is 5.14. The van der Waals surface area contributed by atoms with Crippen molar-refractivity contribution in [2.45, 2.75) is 33.8 Å². The molecule has 0 saturated carbocycles. The van der Waals surface area contributed by atoms with Crippen LogP contribution in [0.15, 0.2) is 53.5 Å². The van der Waals surface area contributed by atoms with Crippen LogP contribution in [-0.2, 0) is 9.53 Å². The third-order valence-corrected chi connectivity index (χ3v) is 5.39. The molecule has 33 heavy (non-hydrogen) atoms. The van der Waals surface area contributed by atoms with Gasteiger partial charge in [0.2, 0.25) is 0 Å². The predicted octanol–water partition coefficient (Wildman–Crippen LogP) is 4.15. The highest BCUT2D eigenvalue weighted by atomic mass is 35.5. The summed E-state index contributed by atoms with van der Waals surface area (Å²) < 4.78 is 13.9. The van der Waals surface area contributed by atoms with E-state index in [1.54, 1.807) is 55.9 Å². The van der Waals surface area contributed by atoms with Gasteiger partial charge in [-0.3, -0.25) is 9.20 Å². The summed E-state index contributed by atoms with van der Waals surface area (Å²) in [7, 11) is 0. The molecule has 0 saturated heterocycles. The Bertz CT molecular complexity index is 1390. The van der Waals surface area contributed by atoms with Crippen LogP contribution >= 0.6 is 11.6 Å². The summed E-state index contributed by atoms with van der Waals surface area (Å²) in [6.07, 6.45) is 0.768. The fraction of sp³-hybridized carbons (Fsp3) is 0.250. The molecule has 9 heteroatoms. The molecule has 170 valence electrons. The van der Waals surface area contributed by atoms with Gasteiger partial charge in [-0.2, -0.15) is 5.10 Å². The number of hydrogen-bond acceptors (Lipinski definition) is 6. The second-order valence-electron chi connectivity index (χ2n) is 7.51. The fourth-order valence-corrected chi connectivity index (χ4v) is 3.69. The number of benzene rings is 1. The van der Waals surface area contributed by atoms with E-state index in [9.17, 15) is 9.59 Å². The van der Waals surface area contributed by atoms with Crippen molar-refractivity contribution in [1.29, 1.82) is 0 Å². The van der Waals surface area contributed by atoms with Gasteiger partial charge >= 0.3 is 5.97 Å². The zero-order valence-electron chi connectivity index (χ0n) is 18.7. The molecule has 1 aromatic carbocycles. The van der Waals surface area contributed by atoms with Crippen LogP contribution in [0.25, 0.3) is 22.6 Å². The van der Waals surface area contributed by atoms with Gasteiger partial charge < -0.3 is 9.47 Å². The lowest BCUT2D eigenvalue weighted by Gasteiger charge is -2.15. The molecule has 4 rings (SSSR count). The van der Waals surface area contributed by atoms with Gasteiger partial charge in [-0.25, -0.2) is 14.5 Å². The molecule has 3 heterocycles. The van der Waals surface area contributed by atoms with Crippen LogP contribution in [0.5, 0.6) is 5.75 Å². The average Bonchev–Trinajstić information content (AvgIpc) is 3.16. The van der Waals surface area contributed by atoms with E-state index < -0.39 is 12.1 Å². The Morgan fingerprint density at radius 3 is 2.61 bits per heavy atom. The first-order valence-electron chi connectivity index (χ1n) is 10.5. The second kappa shape index (κ2) is 9.07. The maximum atomic E-state index is 13.4. The number of hydrogen-bond donors (Lipinski definition) is 0. The van der Waals surface area contributed by atoms with E-state index in [1.165, 1.54) is 4.40 Å². The molecule has 0 fully saturated rings. The van der Waals surface area contributed by atoms with Gasteiger partial charge in [0.1, 0.15) is 5.69 Å². The predicted molar refractivity (Wildman–Crippen MR) is 125 cm³/mol. The Labute approximate surface area is 195 Å². The van der Waals surface area contributed by atoms with Gasteiger partial charge in [0.15, 0.2) is 17.5 Å². The number of esters is 1. The number of halogens is 1. The molecule has 3 aromatic heterocycles. The zero-order chi connectivity index (χ0) is 23.7. The number of rotatable bonds is 6. The van der Waals surface area contributed by atoms with Gasteiger partial charge in [0.05, 0.1) is 23.6 Å². The van der Waals surface area contributed by atoms with Crippen LogP contribution in [0.3, 0.4) is 0 Å². The lowest BCUT2D eigenvalue weighted by atomic mass is 10.1. The van der Waals surface area contributed by atoms with Crippen molar-refractivity contribution in [3.05, 3.63) is 75.4 Å².